The fourth-order valence-corrected chi connectivity index (χ4v) is 3.46. The zero-order valence-corrected chi connectivity index (χ0v) is 16.7. The van der Waals surface area contributed by atoms with Gasteiger partial charge < -0.3 is 10.6 Å². The number of carbonyl (C=O) groups excluding carboxylic acids is 2. The van der Waals surface area contributed by atoms with Gasteiger partial charge in [-0.1, -0.05) is 54.6 Å². The van der Waals surface area contributed by atoms with Crippen molar-refractivity contribution in [1.82, 2.24) is 20.8 Å². The number of nitrogens with one attached hydrogen (secondary N) is 3. The molecule has 1 heterocycles. The number of carbonyl (C=O) groups is 2. The van der Waals surface area contributed by atoms with Crippen LogP contribution in [-0.2, 0) is 4.79 Å². The normalized spacial score (nSPS) is 10.6. The molecule has 0 atom stereocenters. The SMILES string of the molecule is Cc1ccc(Nc2nnc(SCC(=O)NC(=O)NCCC(C)C)s2)cc1. The molecule has 0 saturated carbocycles. The van der Waals surface area contributed by atoms with Gasteiger partial charge in [0.25, 0.3) is 0 Å². The van der Waals surface area contributed by atoms with Crippen LogP contribution in [0.15, 0.2) is 28.6 Å². The topological polar surface area (TPSA) is 96.0 Å². The summed E-state index contributed by atoms with van der Waals surface area (Å²) in [6.07, 6.45) is 0.873. The zero-order valence-electron chi connectivity index (χ0n) is 15.0. The van der Waals surface area contributed by atoms with Gasteiger partial charge in [-0.25, -0.2) is 4.79 Å². The van der Waals surface area contributed by atoms with Crippen molar-refractivity contribution in [1.29, 1.82) is 0 Å². The maximum atomic E-state index is 11.8. The second-order valence-electron chi connectivity index (χ2n) is 6.14. The van der Waals surface area contributed by atoms with E-state index in [1.54, 1.807) is 0 Å². The third-order valence-electron chi connectivity index (χ3n) is 3.30. The number of benzene rings is 1. The fraction of sp³-hybridized carbons (Fsp3) is 0.412. The molecule has 0 saturated heterocycles. The number of nitrogens with zero attached hydrogens (tertiary/aromatic N) is 2. The van der Waals surface area contributed by atoms with Crippen LogP contribution in [0.3, 0.4) is 0 Å². The quantitative estimate of drug-likeness (QED) is 0.594. The minimum atomic E-state index is -0.463. The van der Waals surface area contributed by atoms with E-state index in [0.29, 0.717) is 21.9 Å². The van der Waals surface area contributed by atoms with Gasteiger partial charge in [0.05, 0.1) is 5.75 Å². The fourth-order valence-electron chi connectivity index (χ4n) is 1.89. The lowest BCUT2D eigenvalue weighted by atomic mass is 10.1. The number of urea groups is 1. The monoisotopic (exact) mass is 393 g/mol. The van der Waals surface area contributed by atoms with Crippen LogP contribution in [0.2, 0.25) is 0 Å². The Labute approximate surface area is 161 Å². The highest BCUT2D eigenvalue weighted by Gasteiger charge is 2.11. The average molecular weight is 394 g/mol. The number of hydrogen-bond acceptors (Lipinski definition) is 7. The Balaban J connectivity index is 1.72. The summed E-state index contributed by atoms with van der Waals surface area (Å²) in [6.45, 7) is 6.73. The number of rotatable bonds is 8. The van der Waals surface area contributed by atoms with Crippen molar-refractivity contribution in [2.75, 3.05) is 17.6 Å². The smallest absolute Gasteiger partial charge is 0.321 e. The van der Waals surface area contributed by atoms with E-state index < -0.39 is 6.03 Å². The van der Waals surface area contributed by atoms with Crippen LogP contribution in [0.1, 0.15) is 25.8 Å². The molecule has 0 aliphatic heterocycles. The molecule has 1 aromatic heterocycles. The standard InChI is InChI=1S/C17H23N5O2S2/c1-11(2)8-9-18-15(24)20-14(23)10-25-17-22-21-16(26-17)19-13-6-4-12(3)5-7-13/h4-7,11H,8-10H2,1-3H3,(H,19,21)(H2,18,20,23,24). The van der Waals surface area contributed by atoms with Gasteiger partial charge in [0.15, 0.2) is 4.34 Å². The van der Waals surface area contributed by atoms with E-state index in [-0.39, 0.29) is 11.7 Å². The number of thioether (sulfide) groups is 1. The molecule has 0 spiro atoms. The highest BCUT2D eigenvalue weighted by Crippen LogP contribution is 2.27. The van der Waals surface area contributed by atoms with Crippen molar-refractivity contribution in [2.45, 2.75) is 31.5 Å². The molecule has 2 rings (SSSR count). The summed E-state index contributed by atoms with van der Waals surface area (Å²) in [6, 6.07) is 7.49. The molecule has 2 aromatic rings. The first-order chi connectivity index (χ1) is 12.4. The molecule has 3 amide bonds. The molecule has 7 nitrogen and oxygen atoms in total. The Bertz CT molecular complexity index is 731. The maximum absolute atomic E-state index is 11.8. The molecular weight excluding hydrogens is 370 g/mol. The van der Waals surface area contributed by atoms with Crippen LogP contribution in [0.5, 0.6) is 0 Å². The van der Waals surface area contributed by atoms with Gasteiger partial charge in [-0.05, 0) is 31.4 Å². The van der Waals surface area contributed by atoms with Crippen LogP contribution >= 0.6 is 23.1 Å². The zero-order chi connectivity index (χ0) is 18.9. The number of amides is 3. The minimum absolute atomic E-state index is 0.108. The van der Waals surface area contributed by atoms with Crippen LogP contribution < -0.4 is 16.0 Å². The van der Waals surface area contributed by atoms with Gasteiger partial charge in [0, 0.05) is 12.2 Å². The number of hydrogen-bond donors (Lipinski definition) is 3. The first-order valence-electron chi connectivity index (χ1n) is 8.30. The third kappa shape index (κ3) is 7.40. The van der Waals surface area contributed by atoms with E-state index in [4.69, 9.17) is 0 Å². The van der Waals surface area contributed by atoms with Gasteiger partial charge in [-0.3, -0.25) is 10.1 Å². The predicted octanol–water partition coefficient (Wildman–Crippen LogP) is 3.55. The van der Waals surface area contributed by atoms with E-state index in [9.17, 15) is 9.59 Å². The van der Waals surface area contributed by atoms with Crippen LogP contribution in [-0.4, -0.2) is 34.4 Å². The van der Waals surface area contributed by atoms with Gasteiger partial charge in [-0.2, -0.15) is 0 Å². The van der Waals surface area contributed by atoms with Crippen LogP contribution in [0.25, 0.3) is 0 Å². The molecular formula is C17H23N5O2S2. The minimum Gasteiger partial charge on any atom is -0.338 e. The number of imide groups is 1. The summed E-state index contributed by atoms with van der Waals surface area (Å²) in [5.74, 6) is 0.249. The summed E-state index contributed by atoms with van der Waals surface area (Å²) < 4.78 is 0.662. The first kappa shape index (κ1) is 20.2. The molecule has 9 heteroatoms. The summed E-state index contributed by atoms with van der Waals surface area (Å²) in [4.78, 5) is 23.4. The molecule has 0 fully saturated rings. The average Bonchev–Trinajstić information content (AvgIpc) is 3.02. The van der Waals surface area contributed by atoms with E-state index in [1.165, 1.54) is 28.7 Å². The van der Waals surface area contributed by atoms with Crippen LogP contribution in [0.4, 0.5) is 15.6 Å². The Morgan fingerprint density at radius 1 is 1.19 bits per heavy atom. The van der Waals surface area contributed by atoms with Crippen molar-refractivity contribution in [3.05, 3.63) is 29.8 Å². The summed E-state index contributed by atoms with van der Waals surface area (Å²) >= 11 is 2.60. The van der Waals surface area contributed by atoms with Crippen molar-refractivity contribution in [3.63, 3.8) is 0 Å². The lowest BCUT2D eigenvalue weighted by Crippen LogP contribution is -2.40. The molecule has 0 unspecified atom stereocenters. The summed E-state index contributed by atoms with van der Waals surface area (Å²) in [5, 5.41) is 16.9. The van der Waals surface area contributed by atoms with Crippen molar-refractivity contribution in [3.8, 4) is 0 Å². The van der Waals surface area contributed by atoms with E-state index in [0.717, 1.165) is 12.1 Å². The Morgan fingerprint density at radius 2 is 1.92 bits per heavy atom. The Hall–Kier alpha value is -2.13. The van der Waals surface area contributed by atoms with Gasteiger partial charge in [0.2, 0.25) is 11.0 Å². The van der Waals surface area contributed by atoms with Crippen molar-refractivity contribution in [2.24, 2.45) is 5.92 Å². The van der Waals surface area contributed by atoms with Gasteiger partial charge in [0.1, 0.15) is 0 Å². The molecule has 0 bridgehead atoms. The molecule has 26 heavy (non-hydrogen) atoms. The Morgan fingerprint density at radius 3 is 2.62 bits per heavy atom. The largest absolute Gasteiger partial charge is 0.338 e. The predicted molar refractivity (Wildman–Crippen MR) is 106 cm³/mol. The summed E-state index contributed by atoms with van der Waals surface area (Å²) in [5.41, 5.74) is 2.11. The van der Waals surface area contributed by atoms with Gasteiger partial charge >= 0.3 is 6.03 Å². The van der Waals surface area contributed by atoms with Crippen molar-refractivity contribution < 1.29 is 9.59 Å². The first-order valence-corrected chi connectivity index (χ1v) is 10.1. The number of aromatic nitrogens is 2. The maximum Gasteiger partial charge on any atom is 0.321 e. The second-order valence-corrected chi connectivity index (χ2v) is 8.34. The number of anilines is 2. The summed E-state index contributed by atoms with van der Waals surface area (Å²) in [7, 11) is 0. The lowest BCUT2D eigenvalue weighted by molar-refractivity contribution is -0.117. The van der Waals surface area contributed by atoms with E-state index in [2.05, 4.69) is 40.0 Å². The van der Waals surface area contributed by atoms with Crippen LogP contribution in [0, 0.1) is 12.8 Å². The third-order valence-corrected chi connectivity index (χ3v) is 5.27. The van der Waals surface area contributed by atoms with Crippen molar-refractivity contribution >= 4 is 45.9 Å². The second kappa shape index (κ2) is 10.1. The van der Waals surface area contributed by atoms with Gasteiger partial charge in [-0.15, -0.1) is 10.2 Å². The lowest BCUT2D eigenvalue weighted by Gasteiger charge is -2.07. The van der Waals surface area contributed by atoms with E-state index >= 15 is 0 Å². The number of aryl methyl sites for hydroxylation is 1. The Kier molecular flexibility index (Phi) is 7.86. The molecule has 3 N–H and O–H groups in total. The molecule has 0 radical (unpaired) electrons. The molecule has 0 aliphatic rings. The molecule has 1 aromatic carbocycles. The highest BCUT2D eigenvalue weighted by molar-refractivity contribution is 8.01. The van der Waals surface area contributed by atoms with E-state index in [1.807, 2.05) is 31.2 Å². The highest BCUT2D eigenvalue weighted by atomic mass is 32.2. The molecule has 140 valence electrons. The molecule has 0 aliphatic carbocycles.